The van der Waals surface area contributed by atoms with Crippen LogP contribution >= 0.6 is 0 Å². The second-order valence-electron chi connectivity index (χ2n) is 4.57. The van der Waals surface area contributed by atoms with Crippen molar-refractivity contribution in [1.82, 2.24) is 4.90 Å². The van der Waals surface area contributed by atoms with Crippen LogP contribution in [0.15, 0.2) is 24.3 Å². The monoisotopic (exact) mass is 305 g/mol. The number of nitrogens with zero attached hydrogens (tertiary/aromatic N) is 1. The van der Waals surface area contributed by atoms with Crippen molar-refractivity contribution in [3.8, 4) is 5.75 Å². The number of halogens is 3. The Balaban J connectivity index is 2.72. The van der Waals surface area contributed by atoms with E-state index in [2.05, 4.69) is 4.74 Å². The highest BCUT2D eigenvalue weighted by Gasteiger charge is 2.31. The average Bonchev–Trinajstić information content (AvgIpc) is 2.37. The number of aliphatic carboxylic acids is 1. The van der Waals surface area contributed by atoms with Gasteiger partial charge >= 0.3 is 12.3 Å². The van der Waals surface area contributed by atoms with Crippen LogP contribution in [0.3, 0.4) is 0 Å². The van der Waals surface area contributed by atoms with Crippen molar-refractivity contribution in [3.05, 3.63) is 29.8 Å². The van der Waals surface area contributed by atoms with Crippen LogP contribution < -0.4 is 4.74 Å². The van der Waals surface area contributed by atoms with Crippen molar-refractivity contribution in [2.24, 2.45) is 0 Å². The topological polar surface area (TPSA) is 49.8 Å². The third-order valence-corrected chi connectivity index (χ3v) is 3.16. The van der Waals surface area contributed by atoms with Crippen molar-refractivity contribution in [2.45, 2.75) is 32.7 Å². The first-order chi connectivity index (χ1) is 9.73. The van der Waals surface area contributed by atoms with Crippen molar-refractivity contribution >= 4 is 5.97 Å². The van der Waals surface area contributed by atoms with Gasteiger partial charge in [-0.05, 0) is 31.2 Å². The molecule has 1 aromatic rings. The molecule has 1 aromatic carbocycles. The number of carboxylic acids is 1. The lowest BCUT2D eigenvalue weighted by Crippen LogP contribution is -2.29. The summed E-state index contributed by atoms with van der Waals surface area (Å²) in [5.74, 6) is -1.15. The van der Waals surface area contributed by atoms with Crippen LogP contribution in [0.4, 0.5) is 13.2 Å². The van der Waals surface area contributed by atoms with Gasteiger partial charge in [0.05, 0.1) is 6.42 Å². The van der Waals surface area contributed by atoms with Gasteiger partial charge in [0.1, 0.15) is 5.75 Å². The average molecular weight is 305 g/mol. The summed E-state index contributed by atoms with van der Waals surface area (Å²) in [6.07, 6.45) is -4.68. The molecule has 118 valence electrons. The van der Waals surface area contributed by atoms with E-state index in [1.165, 1.54) is 12.1 Å². The maximum Gasteiger partial charge on any atom is 0.573 e. The number of ether oxygens (including phenoxy) is 1. The third-order valence-electron chi connectivity index (χ3n) is 3.16. The van der Waals surface area contributed by atoms with Gasteiger partial charge in [0.25, 0.3) is 0 Å². The van der Waals surface area contributed by atoms with Gasteiger partial charge in [0.15, 0.2) is 0 Å². The Morgan fingerprint density at radius 2 is 1.90 bits per heavy atom. The fourth-order valence-electron chi connectivity index (χ4n) is 2.02. The van der Waals surface area contributed by atoms with Crippen LogP contribution in [0.25, 0.3) is 0 Å². The van der Waals surface area contributed by atoms with Gasteiger partial charge < -0.3 is 9.84 Å². The van der Waals surface area contributed by atoms with Crippen molar-refractivity contribution in [1.29, 1.82) is 0 Å². The maximum absolute atomic E-state index is 12.1. The van der Waals surface area contributed by atoms with E-state index < -0.39 is 12.3 Å². The molecule has 0 spiro atoms. The van der Waals surface area contributed by atoms with Crippen molar-refractivity contribution < 1.29 is 27.8 Å². The summed E-state index contributed by atoms with van der Waals surface area (Å²) in [5, 5.41) is 8.71. The van der Waals surface area contributed by atoms with E-state index in [1.807, 2.05) is 18.7 Å². The van der Waals surface area contributed by atoms with E-state index in [0.717, 1.165) is 5.56 Å². The van der Waals surface area contributed by atoms with Crippen LogP contribution in [0.2, 0.25) is 0 Å². The number of benzene rings is 1. The van der Waals surface area contributed by atoms with Crippen LogP contribution in [0, 0.1) is 0 Å². The summed E-state index contributed by atoms with van der Waals surface area (Å²) in [7, 11) is 0. The quantitative estimate of drug-likeness (QED) is 0.838. The second-order valence-corrected chi connectivity index (χ2v) is 4.57. The normalized spacial score (nSPS) is 13.2. The Morgan fingerprint density at radius 1 is 1.33 bits per heavy atom. The molecule has 0 aliphatic rings. The van der Waals surface area contributed by atoms with Gasteiger partial charge in [-0.1, -0.05) is 19.1 Å². The first-order valence-corrected chi connectivity index (χ1v) is 6.54. The van der Waals surface area contributed by atoms with E-state index in [0.29, 0.717) is 13.1 Å². The zero-order valence-corrected chi connectivity index (χ0v) is 11.9. The van der Waals surface area contributed by atoms with E-state index in [1.54, 1.807) is 12.1 Å². The lowest BCUT2D eigenvalue weighted by molar-refractivity contribution is -0.274. The molecule has 1 rings (SSSR count). The van der Waals surface area contributed by atoms with Gasteiger partial charge in [0, 0.05) is 12.6 Å². The van der Waals surface area contributed by atoms with E-state index >= 15 is 0 Å². The van der Waals surface area contributed by atoms with Gasteiger partial charge in [-0.3, -0.25) is 9.69 Å². The molecule has 0 aliphatic heterocycles. The predicted molar refractivity (Wildman–Crippen MR) is 71.0 cm³/mol. The molecule has 1 atom stereocenters. The minimum absolute atomic E-state index is 0.0213. The molecular formula is C14H18F3NO3. The van der Waals surface area contributed by atoms with Crippen molar-refractivity contribution in [3.63, 3.8) is 0 Å². The summed E-state index contributed by atoms with van der Waals surface area (Å²) in [6.45, 7) is 4.81. The fourth-order valence-corrected chi connectivity index (χ4v) is 2.02. The molecule has 0 saturated heterocycles. The summed E-state index contributed by atoms with van der Waals surface area (Å²) in [5.41, 5.74) is 0.803. The van der Waals surface area contributed by atoms with Gasteiger partial charge in [-0.2, -0.15) is 0 Å². The number of hydrogen-bond donors (Lipinski definition) is 1. The molecule has 7 heteroatoms. The minimum atomic E-state index is -4.70. The van der Waals surface area contributed by atoms with E-state index in [9.17, 15) is 18.0 Å². The highest BCUT2D eigenvalue weighted by atomic mass is 19.4. The third kappa shape index (κ3) is 6.03. The SMILES string of the molecule is CCN(CCC(=O)O)C(C)c1ccc(OC(F)(F)F)cc1. The molecule has 0 aromatic heterocycles. The number of alkyl halides is 3. The molecule has 0 fully saturated rings. The highest BCUT2D eigenvalue weighted by molar-refractivity contribution is 5.66. The van der Waals surface area contributed by atoms with Gasteiger partial charge in [-0.15, -0.1) is 13.2 Å². The first kappa shape index (κ1) is 17.3. The van der Waals surface area contributed by atoms with E-state index in [4.69, 9.17) is 5.11 Å². The molecular weight excluding hydrogens is 287 g/mol. The van der Waals surface area contributed by atoms with Crippen molar-refractivity contribution in [2.75, 3.05) is 13.1 Å². The standard InChI is InChI=1S/C14H18F3NO3/c1-3-18(9-8-13(19)20)10(2)11-4-6-12(7-5-11)21-14(15,16)17/h4-7,10H,3,8-9H2,1-2H3,(H,19,20). The van der Waals surface area contributed by atoms with Crippen LogP contribution in [-0.4, -0.2) is 35.4 Å². The molecule has 1 N–H and O–H groups in total. The lowest BCUT2D eigenvalue weighted by atomic mass is 10.1. The largest absolute Gasteiger partial charge is 0.573 e. The summed E-state index contributed by atoms with van der Waals surface area (Å²) < 4.78 is 40.0. The zero-order chi connectivity index (χ0) is 16.0. The molecule has 0 amide bonds. The second kappa shape index (κ2) is 7.31. The number of rotatable bonds is 7. The van der Waals surface area contributed by atoms with E-state index in [-0.39, 0.29) is 18.2 Å². The smallest absolute Gasteiger partial charge is 0.481 e. The fraction of sp³-hybridized carbons (Fsp3) is 0.500. The number of carbonyl (C=O) groups is 1. The van der Waals surface area contributed by atoms with Gasteiger partial charge in [-0.25, -0.2) is 0 Å². The summed E-state index contributed by atoms with van der Waals surface area (Å²) in [4.78, 5) is 12.5. The molecule has 0 saturated carbocycles. The predicted octanol–water partition coefficient (Wildman–Crippen LogP) is 3.44. The summed E-state index contributed by atoms with van der Waals surface area (Å²) >= 11 is 0. The Labute approximate surface area is 121 Å². The van der Waals surface area contributed by atoms with Gasteiger partial charge in [0.2, 0.25) is 0 Å². The van der Waals surface area contributed by atoms with Crippen LogP contribution in [0.1, 0.15) is 31.9 Å². The Kier molecular flexibility index (Phi) is 6.02. The maximum atomic E-state index is 12.1. The van der Waals surface area contributed by atoms with Crippen LogP contribution in [0.5, 0.6) is 5.75 Å². The molecule has 21 heavy (non-hydrogen) atoms. The number of hydrogen-bond acceptors (Lipinski definition) is 3. The molecule has 0 aliphatic carbocycles. The zero-order valence-electron chi connectivity index (χ0n) is 11.9. The molecule has 1 unspecified atom stereocenters. The molecule has 0 bridgehead atoms. The molecule has 0 radical (unpaired) electrons. The Bertz CT molecular complexity index is 460. The highest BCUT2D eigenvalue weighted by Crippen LogP contribution is 2.26. The first-order valence-electron chi connectivity index (χ1n) is 6.54. The molecule has 4 nitrogen and oxygen atoms in total. The lowest BCUT2D eigenvalue weighted by Gasteiger charge is -2.27. The summed E-state index contributed by atoms with van der Waals surface area (Å²) in [6, 6.07) is 5.52. The number of carboxylic acid groups (broad SMARTS) is 1. The minimum Gasteiger partial charge on any atom is -0.481 e. The van der Waals surface area contributed by atoms with Crippen LogP contribution in [-0.2, 0) is 4.79 Å². The Morgan fingerprint density at radius 3 is 2.33 bits per heavy atom. The Hall–Kier alpha value is -1.76. The molecule has 0 heterocycles.